The molecule has 1 aliphatic carbocycles. The minimum Gasteiger partial charge on any atom is -0.467 e. The number of benzene rings is 2. The van der Waals surface area contributed by atoms with E-state index in [1.165, 1.54) is 7.11 Å². The molecular weight excluding hydrogens is 406 g/mol. The second kappa shape index (κ2) is 9.76. The number of carbonyl (C=O) groups is 3. The molecule has 1 atom stereocenters. The number of esters is 2. The third-order valence-corrected chi connectivity index (χ3v) is 5.65. The van der Waals surface area contributed by atoms with E-state index in [-0.39, 0.29) is 6.42 Å². The minimum absolute atomic E-state index is 0.277. The van der Waals surface area contributed by atoms with Gasteiger partial charge in [0.25, 0.3) is 5.91 Å². The Morgan fingerprint density at radius 3 is 2.43 bits per heavy atom. The zero-order chi connectivity index (χ0) is 21.6. The highest BCUT2D eigenvalue weighted by atomic mass is 35.5. The Balaban J connectivity index is 1.60. The summed E-state index contributed by atoms with van der Waals surface area (Å²) in [6.45, 7) is -0.469. The van der Waals surface area contributed by atoms with Gasteiger partial charge in [0.15, 0.2) is 6.61 Å². The van der Waals surface area contributed by atoms with Gasteiger partial charge in [-0.1, -0.05) is 60.5 Å². The molecule has 2 aromatic carbocycles. The SMILES string of the molecule is COC(=O)C(Cc1ccccc1)NC(=O)COC(=O)C1(c2cccc(Cl)c2)CCC1. The Bertz CT molecular complexity index is 911. The minimum atomic E-state index is -0.866. The molecule has 1 unspecified atom stereocenters. The van der Waals surface area contributed by atoms with Crippen LogP contribution in [0, 0.1) is 0 Å². The van der Waals surface area contributed by atoms with E-state index in [9.17, 15) is 14.4 Å². The summed E-state index contributed by atoms with van der Waals surface area (Å²) < 4.78 is 10.1. The van der Waals surface area contributed by atoms with E-state index in [2.05, 4.69) is 5.32 Å². The van der Waals surface area contributed by atoms with Gasteiger partial charge in [-0.25, -0.2) is 4.79 Å². The van der Waals surface area contributed by atoms with Gasteiger partial charge in [0.1, 0.15) is 6.04 Å². The number of rotatable bonds is 8. The number of methoxy groups -OCH3 is 1. The van der Waals surface area contributed by atoms with Crippen molar-refractivity contribution in [3.63, 3.8) is 0 Å². The lowest BCUT2D eigenvalue weighted by Crippen LogP contribution is -2.47. The molecule has 3 rings (SSSR count). The van der Waals surface area contributed by atoms with Gasteiger partial charge in [0.05, 0.1) is 12.5 Å². The van der Waals surface area contributed by atoms with Crippen LogP contribution in [-0.4, -0.2) is 37.6 Å². The summed E-state index contributed by atoms with van der Waals surface area (Å²) in [5.74, 6) is -1.58. The molecule has 158 valence electrons. The maximum Gasteiger partial charge on any atom is 0.328 e. The number of nitrogens with one attached hydrogen (secondary N) is 1. The fourth-order valence-electron chi connectivity index (χ4n) is 3.62. The van der Waals surface area contributed by atoms with Crippen molar-refractivity contribution in [1.29, 1.82) is 0 Å². The number of amides is 1. The average Bonchev–Trinajstić information content (AvgIpc) is 2.71. The normalized spacial score (nSPS) is 15.4. The summed E-state index contributed by atoms with van der Waals surface area (Å²) in [6, 6.07) is 15.6. The van der Waals surface area contributed by atoms with Gasteiger partial charge in [0, 0.05) is 11.4 Å². The van der Waals surface area contributed by atoms with Crippen LogP contribution < -0.4 is 5.32 Å². The Morgan fingerprint density at radius 1 is 1.10 bits per heavy atom. The van der Waals surface area contributed by atoms with Gasteiger partial charge >= 0.3 is 11.9 Å². The van der Waals surface area contributed by atoms with Crippen LogP contribution in [0.25, 0.3) is 0 Å². The van der Waals surface area contributed by atoms with E-state index in [1.54, 1.807) is 18.2 Å². The molecule has 0 aromatic heterocycles. The average molecular weight is 430 g/mol. The maximum atomic E-state index is 12.8. The monoisotopic (exact) mass is 429 g/mol. The summed E-state index contributed by atoms with van der Waals surface area (Å²) in [7, 11) is 1.26. The molecule has 7 heteroatoms. The Morgan fingerprint density at radius 2 is 1.83 bits per heavy atom. The molecule has 0 bridgehead atoms. The molecule has 2 aromatic rings. The fourth-order valence-corrected chi connectivity index (χ4v) is 3.81. The quantitative estimate of drug-likeness (QED) is 0.651. The van der Waals surface area contributed by atoms with E-state index >= 15 is 0 Å². The molecule has 1 N–H and O–H groups in total. The zero-order valence-electron chi connectivity index (χ0n) is 16.7. The van der Waals surface area contributed by atoms with E-state index in [1.807, 2.05) is 36.4 Å². The van der Waals surface area contributed by atoms with Crippen molar-refractivity contribution in [3.05, 3.63) is 70.7 Å². The topological polar surface area (TPSA) is 81.7 Å². The van der Waals surface area contributed by atoms with Gasteiger partial charge in [-0.15, -0.1) is 0 Å². The second-order valence-electron chi connectivity index (χ2n) is 7.36. The van der Waals surface area contributed by atoms with Crippen LogP contribution in [0.4, 0.5) is 0 Å². The van der Waals surface area contributed by atoms with Crippen molar-refractivity contribution in [2.45, 2.75) is 37.1 Å². The van der Waals surface area contributed by atoms with Gasteiger partial charge in [-0.3, -0.25) is 9.59 Å². The van der Waals surface area contributed by atoms with Gasteiger partial charge in [-0.2, -0.15) is 0 Å². The number of carbonyl (C=O) groups excluding carboxylic acids is 3. The predicted octanol–water partition coefficient (Wildman–Crippen LogP) is 3.21. The number of ether oxygens (including phenoxy) is 2. The highest BCUT2D eigenvalue weighted by Gasteiger charge is 2.47. The largest absolute Gasteiger partial charge is 0.467 e. The molecule has 30 heavy (non-hydrogen) atoms. The van der Waals surface area contributed by atoms with Crippen molar-refractivity contribution in [1.82, 2.24) is 5.32 Å². The lowest BCUT2D eigenvalue weighted by atomic mass is 9.64. The van der Waals surface area contributed by atoms with E-state index in [4.69, 9.17) is 21.1 Å². The van der Waals surface area contributed by atoms with Crippen LogP contribution in [0.3, 0.4) is 0 Å². The summed E-state index contributed by atoms with van der Waals surface area (Å²) in [5, 5.41) is 3.14. The van der Waals surface area contributed by atoms with Crippen molar-refractivity contribution < 1.29 is 23.9 Å². The van der Waals surface area contributed by atoms with E-state index in [0.717, 1.165) is 17.5 Å². The molecule has 1 aliphatic rings. The van der Waals surface area contributed by atoms with Crippen LogP contribution in [0.5, 0.6) is 0 Å². The molecule has 0 heterocycles. The molecule has 1 amide bonds. The number of halogens is 1. The molecule has 0 aliphatic heterocycles. The summed E-state index contributed by atoms with van der Waals surface area (Å²) in [5.41, 5.74) is 0.902. The molecule has 1 fully saturated rings. The van der Waals surface area contributed by atoms with Crippen LogP contribution >= 0.6 is 11.6 Å². The summed E-state index contributed by atoms with van der Waals surface area (Å²) in [4.78, 5) is 37.2. The third kappa shape index (κ3) is 5.00. The molecule has 0 saturated heterocycles. The highest BCUT2D eigenvalue weighted by molar-refractivity contribution is 6.30. The smallest absolute Gasteiger partial charge is 0.328 e. The standard InChI is InChI=1S/C23H24ClNO5/c1-29-21(27)19(13-16-7-3-2-4-8-16)25-20(26)15-30-22(28)23(11-6-12-23)17-9-5-10-18(24)14-17/h2-5,7-10,14,19H,6,11-13,15H2,1H3,(H,25,26). The van der Waals surface area contributed by atoms with E-state index < -0.39 is 35.9 Å². The predicted molar refractivity (Wildman–Crippen MR) is 112 cm³/mol. The maximum absolute atomic E-state index is 12.8. The zero-order valence-corrected chi connectivity index (χ0v) is 17.5. The Kier molecular flexibility index (Phi) is 7.11. The summed E-state index contributed by atoms with van der Waals surface area (Å²) in [6.07, 6.45) is 2.47. The molecule has 6 nitrogen and oxygen atoms in total. The number of hydrogen-bond acceptors (Lipinski definition) is 5. The first-order valence-electron chi connectivity index (χ1n) is 9.79. The molecule has 0 spiro atoms. The van der Waals surface area contributed by atoms with Crippen molar-refractivity contribution in [3.8, 4) is 0 Å². The first kappa shape index (κ1) is 21.8. The van der Waals surface area contributed by atoms with Crippen molar-refractivity contribution in [2.75, 3.05) is 13.7 Å². The van der Waals surface area contributed by atoms with E-state index in [0.29, 0.717) is 17.9 Å². The Hall–Kier alpha value is -2.86. The third-order valence-electron chi connectivity index (χ3n) is 5.41. The lowest BCUT2D eigenvalue weighted by Gasteiger charge is -2.39. The van der Waals surface area contributed by atoms with Crippen LogP contribution in [0.1, 0.15) is 30.4 Å². The molecular formula is C23H24ClNO5. The Labute approximate surface area is 180 Å². The molecule has 0 radical (unpaired) electrons. The van der Waals surface area contributed by atoms with Crippen molar-refractivity contribution >= 4 is 29.4 Å². The number of hydrogen-bond donors (Lipinski definition) is 1. The van der Waals surface area contributed by atoms with Crippen LogP contribution in [0.2, 0.25) is 5.02 Å². The summed E-state index contributed by atoms with van der Waals surface area (Å²) >= 11 is 6.07. The lowest BCUT2D eigenvalue weighted by molar-refractivity contribution is -0.158. The molecule has 1 saturated carbocycles. The van der Waals surface area contributed by atoms with Crippen LogP contribution in [0.15, 0.2) is 54.6 Å². The van der Waals surface area contributed by atoms with Gasteiger partial charge in [0.2, 0.25) is 0 Å². The highest BCUT2D eigenvalue weighted by Crippen LogP contribution is 2.45. The van der Waals surface area contributed by atoms with Gasteiger partial charge < -0.3 is 14.8 Å². The van der Waals surface area contributed by atoms with Crippen LogP contribution in [-0.2, 0) is 35.7 Å². The fraction of sp³-hybridized carbons (Fsp3) is 0.348. The van der Waals surface area contributed by atoms with Gasteiger partial charge in [-0.05, 0) is 36.1 Å². The second-order valence-corrected chi connectivity index (χ2v) is 7.79. The van der Waals surface area contributed by atoms with Crippen molar-refractivity contribution in [2.24, 2.45) is 0 Å². The first-order chi connectivity index (χ1) is 14.4. The first-order valence-corrected chi connectivity index (χ1v) is 10.2.